The zero-order valence-electron chi connectivity index (χ0n) is 55.4. The molecule has 9 aromatic heterocycles. The Morgan fingerprint density at radius 1 is 0.404 bits per heavy atom. The van der Waals surface area contributed by atoms with Crippen molar-refractivity contribution in [2.24, 2.45) is 5.92 Å². The van der Waals surface area contributed by atoms with Crippen molar-refractivity contribution in [3.05, 3.63) is 275 Å². The van der Waals surface area contributed by atoms with Crippen molar-refractivity contribution in [3.63, 3.8) is 0 Å². The standard InChI is InChI=1S/C12H14.C11H11NO2.C11H13N.C10H12N2.C9H11N3.3C8H11N/c1-9(2)12-7-10-5-3-4-6-11(10)8-12;1-7(2)12-10(13)8-5-3-4-6-9(8)11(12)14;1-9(2)10-7-11-5-3-4-6-12(11)8-10;1-8(2)9-7-12-6-4-3-5-10(12)11-9;1-7(2)8-6-12-5-3-4-10-9(12)11-8;1-7(2)8-3-5-9-6-4-8;1-7(2)8-4-3-5-9-6-8;1-7(2)8-5-3-4-6-9-8/h3-7,9H,8H2,1-2H3;3-7H,1-2H3;3-9H,1-2H3;3-8H,1-2H3;3-7H,1-2H3;3*3-7H,1-2H3. The number of rotatable bonds is 8. The van der Waals surface area contributed by atoms with Gasteiger partial charge in [0.25, 0.3) is 11.8 Å². The number of benzene rings is 2. The topological polar surface area (TPSA) is 128 Å². The molecule has 12 heteroatoms. The molecule has 0 atom stereocenters. The number of hydrogen-bond donors (Lipinski definition) is 0. The highest BCUT2D eigenvalue weighted by Gasteiger charge is 2.36. The Bertz CT molecular complexity index is 3490. The molecule has 0 spiro atoms. The fraction of sp³-hybridized carbons (Fsp3) is 0.325. The Morgan fingerprint density at radius 2 is 0.966 bits per heavy atom. The Morgan fingerprint density at radius 3 is 1.47 bits per heavy atom. The minimum Gasteiger partial charge on any atom is -0.324 e. The maximum atomic E-state index is 11.8. The third kappa shape index (κ3) is 20.7. The lowest BCUT2D eigenvalue weighted by Gasteiger charge is -2.17. The van der Waals surface area contributed by atoms with E-state index >= 15 is 0 Å². The van der Waals surface area contributed by atoms with Crippen molar-refractivity contribution in [1.82, 2.24) is 48.0 Å². The smallest absolute Gasteiger partial charge is 0.261 e. The van der Waals surface area contributed by atoms with Gasteiger partial charge in [0.05, 0.1) is 22.5 Å². The summed E-state index contributed by atoms with van der Waals surface area (Å²) in [6.07, 6.45) is 26.8. The molecule has 2 aliphatic rings. The van der Waals surface area contributed by atoms with Crippen molar-refractivity contribution >= 4 is 34.8 Å². The molecule has 0 saturated carbocycles. The molecule has 12 nitrogen and oxygen atoms in total. The molecule has 1 aliphatic heterocycles. The highest BCUT2D eigenvalue weighted by Crippen LogP contribution is 2.29. The van der Waals surface area contributed by atoms with Crippen molar-refractivity contribution in [1.29, 1.82) is 0 Å². The van der Waals surface area contributed by atoms with E-state index in [1.165, 1.54) is 38.2 Å². The summed E-state index contributed by atoms with van der Waals surface area (Å²) in [5.74, 6) is 4.46. The minimum atomic E-state index is -0.180. The number of fused-ring (bicyclic) bond motifs is 5. The molecular formula is C77H94N10O2. The molecule has 13 rings (SSSR count). The average molecular weight is 1190 g/mol. The third-order valence-corrected chi connectivity index (χ3v) is 14.9. The SMILES string of the molecule is CC(C)C1=Cc2ccccc2C1.CC(C)N1C(=O)c2ccccc2C1=O.CC(C)c1cc2ccccn2c1.CC(C)c1ccccn1.CC(C)c1cccnc1.CC(C)c1ccncc1.CC(C)c1cn2ccccc2n1.CC(C)c1cn2cccnc2n1. The minimum absolute atomic E-state index is 0.0811. The van der Waals surface area contributed by atoms with Crippen molar-refractivity contribution < 1.29 is 9.59 Å². The van der Waals surface area contributed by atoms with Crippen LogP contribution in [0.4, 0.5) is 0 Å². The van der Waals surface area contributed by atoms with Gasteiger partial charge >= 0.3 is 0 Å². The highest BCUT2D eigenvalue weighted by molar-refractivity contribution is 6.21. The van der Waals surface area contributed by atoms with Gasteiger partial charge in [0.2, 0.25) is 5.78 Å². The summed E-state index contributed by atoms with van der Waals surface area (Å²) in [7, 11) is 0. The lowest BCUT2D eigenvalue weighted by molar-refractivity contribution is 0.0609. The van der Waals surface area contributed by atoms with Crippen LogP contribution in [0, 0.1) is 5.92 Å². The van der Waals surface area contributed by atoms with Gasteiger partial charge in [0, 0.05) is 91.6 Å². The van der Waals surface area contributed by atoms with Crippen LogP contribution in [0.15, 0.2) is 219 Å². The lowest BCUT2D eigenvalue weighted by Crippen LogP contribution is -2.35. The summed E-state index contributed by atoms with van der Waals surface area (Å²) in [5, 5.41) is 0. The van der Waals surface area contributed by atoms with Crippen LogP contribution in [0.1, 0.15) is 212 Å². The molecule has 0 saturated heterocycles. The first-order valence-corrected chi connectivity index (χ1v) is 31.4. The average Bonchev–Trinajstić information content (AvgIpc) is 1.93. The zero-order chi connectivity index (χ0) is 64.6. The second-order valence-electron chi connectivity index (χ2n) is 24.5. The van der Waals surface area contributed by atoms with E-state index in [9.17, 15) is 9.59 Å². The molecule has 2 amide bonds. The number of carbonyl (C=O) groups excluding carboxylic acids is 2. The summed E-state index contributed by atoms with van der Waals surface area (Å²) < 4.78 is 6.15. The second kappa shape index (κ2) is 34.4. The number of imide groups is 1. The quantitative estimate of drug-likeness (QED) is 0.138. The van der Waals surface area contributed by atoms with Gasteiger partial charge in [-0.2, -0.15) is 0 Å². The Balaban J connectivity index is 0.000000163. The largest absolute Gasteiger partial charge is 0.324 e. The molecule has 10 heterocycles. The Kier molecular flexibility index (Phi) is 26.6. The van der Waals surface area contributed by atoms with E-state index in [2.05, 4.69) is 215 Å². The van der Waals surface area contributed by atoms with Crippen LogP contribution < -0.4 is 0 Å². The van der Waals surface area contributed by atoms with Gasteiger partial charge in [0.15, 0.2) is 0 Å². The monoisotopic (exact) mass is 1190 g/mol. The zero-order valence-corrected chi connectivity index (χ0v) is 55.4. The van der Waals surface area contributed by atoms with E-state index in [1.54, 1.807) is 42.2 Å². The second-order valence-corrected chi connectivity index (χ2v) is 24.5. The van der Waals surface area contributed by atoms with Gasteiger partial charge in [-0.25, -0.2) is 15.0 Å². The van der Waals surface area contributed by atoms with Gasteiger partial charge in [-0.05, 0) is 168 Å². The number of amides is 2. The molecule has 0 radical (unpaired) electrons. The first-order chi connectivity index (χ1) is 42.6. The molecule has 1 aliphatic carbocycles. The van der Waals surface area contributed by atoms with Crippen molar-refractivity contribution in [2.45, 2.75) is 159 Å². The number of nitrogens with zero attached hydrogens (tertiary/aromatic N) is 10. The molecule has 0 unspecified atom stereocenters. The fourth-order valence-electron chi connectivity index (χ4n) is 9.29. The predicted octanol–water partition coefficient (Wildman–Crippen LogP) is 19.0. The van der Waals surface area contributed by atoms with Crippen molar-refractivity contribution in [2.75, 3.05) is 0 Å². The summed E-state index contributed by atoms with van der Waals surface area (Å²) >= 11 is 0. The predicted molar refractivity (Wildman–Crippen MR) is 368 cm³/mol. The van der Waals surface area contributed by atoms with Gasteiger partial charge in [-0.15, -0.1) is 0 Å². The Hall–Kier alpha value is -9.16. The number of carbonyl (C=O) groups is 2. The Labute approximate surface area is 530 Å². The summed E-state index contributed by atoms with van der Waals surface area (Å²) in [4.78, 5) is 49.9. The van der Waals surface area contributed by atoms with Gasteiger partial charge in [-0.3, -0.25) is 33.8 Å². The van der Waals surface area contributed by atoms with E-state index in [0.717, 1.165) is 34.9 Å². The molecule has 0 bridgehead atoms. The molecule has 0 fully saturated rings. The van der Waals surface area contributed by atoms with E-state index in [-0.39, 0.29) is 17.9 Å². The molecule has 0 N–H and O–H groups in total. The van der Waals surface area contributed by atoms with Crippen LogP contribution in [0.3, 0.4) is 0 Å². The van der Waals surface area contributed by atoms with Gasteiger partial charge in [0.1, 0.15) is 5.65 Å². The maximum Gasteiger partial charge on any atom is 0.261 e. The van der Waals surface area contributed by atoms with Crippen LogP contribution in [-0.4, -0.2) is 65.9 Å². The molecule has 11 aromatic rings. The van der Waals surface area contributed by atoms with E-state index < -0.39 is 0 Å². The van der Waals surface area contributed by atoms with Crippen LogP contribution in [0.2, 0.25) is 0 Å². The first-order valence-electron chi connectivity index (χ1n) is 31.4. The fourth-order valence-corrected chi connectivity index (χ4v) is 9.29. The van der Waals surface area contributed by atoms with Crippen LogP contribution >= 0.6 is 0 Å². The molecular weight excluding hydrogens is 1100 g/mol. The number of allylic oxidation sites excluding steroid dienone is 1. The normalized spacial score (nSPS) is 12.0. The molecule has 2 aromatic carbocycles. The first kappa shape index (κ1) is 68.9. The number of imidazole rings is 2. The summed E-state index contributed by atoms with van der Waals surface area (Å²) in [6.45, 7) is 34.2. The van der Waals surface area contributed by atoms with Crippen LogP contribution in [0.25, 0.3) is 23.0 Å². The molecule has 89 heavy (non-hydrogen) atoms. The van der Waals surface area contributed by atoms with Crippen LogP contribution in [0.5, 0.6) is 0 Å². The van der Waals surface area contributed by atoms with E-state index in [1.807, 2.05) is 122 Å². The molecule has 464 valence electrons. The van der Waals surface area contributed by atoms with Crippen LogP contribution in [-0.2, 0) is 6.42 Å². The van der Waals surface area contributed by atoms with E-state index in [4.69, 9.17) is 0 Å². The summed E-state index contributed by atoms with van der Waals surface area (Å²) in [5.41, 5.74) is 15.3. The van der Waals surface area contributed by atoms with E-state index in [0.29, 0.717) is 52.6 Å². The van der Waals surface area contributed by atoms with Crippen molar-refractivity contribution in [3.8, 4) is 0 Å². The number of aromatic nitrogens is 9. The summed E-state index contributed by atoms with van der Waals surface area (Å²) in [6, 6.07) is 46.1. The maximum absolute atomic E-state index is 11.8. The van der Waals surface area contributed by atoms with Gasteiger partial charge in [-0.1, -0.05) is 169 Å². The highest BCUT2D eigenvalue weighted by atomic mass is 16.2. The number of hydrogen-bond acceptors (Lipinski definition) is 8. The van der Waals surface area contributed by atoms with Gasteiger partial charge < -0.3 is 8.80 Å². The lowest BCUT2D eigenvalue weighted by atomic mass is 10.0. The number of pyridine rings is 5. The third-order valence-electron chi connectivity index (χ3n) is 14.9.